The Labute approximate surface area is 227 Å². The molecule has 0 atom stereocenters. The molecule has 0 spiro atoms. The molecule has 4 rings (SSSR count). The van der Waals surface area contributed by atoms with Crippen LogP contribution in [-0.4, -0.2) is 24.5 Å². The maximum Gasteiger partial charge on any atom is 0.336 e. The Kier molecular flexibility index (Phi) is 7.91. The van der Waals surface area contributed by atoms with E-state index in [1.807, 2.05) is 32.9 Å². The molecule has 3 aromatic rings. The largest absolute Gasteiger partial charge is 0.490 e. The van der Waals surface area contributed by atoms with Gasteiger partial charge in [0, 0.05) is 0 Å². The van der Waals surface area contributed by atoms with Crippen LogP contribution < -0.4 is 19.7 Å². The first-order valence-corrected chi connectivity index (χ1v) is 12.6. The van der Waals surface area contributed by atoms with E-state index < -0.39 is 23.7 Å². The number of aryl methyl sites for hydroxylation is 2. The minimum absolute atomic E-state index is 0.247. The van der Waals surface area contributed by atoms with E-state index in [-0.39, 0.29) is 11.3 Å². The van der Waals surface area contributed by atoms with Crippen molar-refractivity contribution in [2.75, 3.05) is 11.5 Å². The number of ether oxygens (including phenoxy) is 2. The SMILES string of the molecule is CCOc1cc(/C=C2/C(=O)NC(=O)N(c3ccccc3F)C2=O)cc(I)c1OCc1ccc(C)c(C)c1. The van der Waals surface area contributed by atoms with Gasteiger partial charge in [-0.05, 0) is 96.0 Å². The summed E-state index contributed by atoms with van der Waals surface area (Å²) in [6.45, 7) is 6.62. The Hall–Kier alpha value is -3.73. The lowest BCUT2D eigenvalue weighted by atomic mass is 10.1. The smallest absolute Gasteiger partial charge is 0.336 e. The molecule has 9 heteroatoms. The van der Waals surface area contributed by atoms with Crippen molar-refractivity contribution in [2.24, 2.45) is 0 Å². The fourth-order valence-electron chi connectivity index (χ4n) is 3.80. The number of nitrogens with zero attached hydrogens (tertiary/aromatic N) is 1. The first-order chi connectivity index (χ1) is 17.7. The van der Waals surface area contributed by atoms with Crippen LogP contribution in [0.15, 0.2) is 60.2 Å². The molecule has 37 heavy (non-hydrogen) atoms. The molecule has 0 radical (unpaired) electrons. The highest BCUT2D eigenvalue weighted by molar-refractivity contribution is 14.1. The van der Waals surface area contributed by atoms with Crippen LogP contribution in [-0.2, 0) is 16.2 Å². The highest BCUT2D eigenvalue weighted by atomic mass is 127. The number of imide groups is 2. The molecule has 0 aliphatic carbocycles. The maximum atomic E-state index is 14.3. The zero-order valence-electron chi connectivity index (χ0n) is 20.4. The predicted octanol–water partition coefficient (Wildman–Crippen LogP) is 5.69. The first-order valence-electron chi connectivity index (χ1n) is 11.5. The van der Waals surface area contributed by atoms with Crippen LogP contribution in [0.5, 0.6) is 11.5 Å². The molecular formula is C28H24FIN2O5. The van der Waals surface area contributed by atoms with Gasteiger partial charge >= 0.3 is 6.03 Å². The molecule has 1 heterocycles. The number of carbonyl (C=O) groups excluding carboxylic acids is 3. The van der Waals surface area contributed by atoms with E-state index in [1.54, 1.807) is 12.1 Å². The monoisotopic (exact) mass is 614 g/mol. The van der Waals surface area contributed by atoms with E-state index in [2.05, 4.69) is 34.0 Å². The lowest BCUT2D eigenvalue weighted by Gasteiger charge is -2.26. The predicted molar refractivity (Wildman–Crippen MR) is 146 cm³/mol. The minimum Gasteiger partial charge on any atom is -0.490 e. The number of halogens is 2. The maximum absolute atomic E-state index is 14.3. The molecule has 3 aromatic carbocycles. The van der Waals surface area contributed by atoms with Gasteiger partial charge in [-0.15, -0.1) is 0 Å². The molecule has 190 valence electrons. The molecule has 1 saturated heterocycles. The van der Waals surface area contributed by atoms with Crippen molar-refractivity contribution in [3.63, 3.8) is 0 Å². The summed E-state index contributed by atoms with van der Waals surface area (Å²) in [5.74, 6) is -1.59. The average Bonchev–Trinajstić information content (AvgIpc) is 2.84. The van der Waals surface area contributed by atoms with Crippen molar-refractivity contribution < 1.29 is 28.2 Å². The summed E-state index contributed by atoms with van der Waals surface area (Å²) in [5, 5.41) is 2.10. The van der Waals surface area contributed by atoms with Crippen LogP contribution in [0.4, 0.5) is 14.9 Å². The third-order valence-corrected chi connectivity index (χ3v) is 6.59. The van der Waals surface area contributed by atoms with E-state index in [1.165, 1.54) is 35.4 Å². The van der Waals surface area contributed by atoms with E-state index in [4.69, 9.17) is 9.47 Å². The first kappa shape index (κ1) is 26.3. The van der Waals surface area contributed by atoms with Crippen LogP contribution in [0.2, 0.25) is 0 Å². The zero-order valence-corrected chi connectivity index (χ0v) is 22.6. The van der Waals surface area contributed by atoms with Gasteiger partial charge in [0.2, 0.25) is 0 Å². The Morgan fingerprint density at radius 3 is 2.46 bits per heavy atom. The Morgan fingerprint density at radius 1 is 1.00 bits per heavy atom. The van der Waals surface area contributed by atoms with Crippen LogP contribution in [0.3, 0.4) is 0 Å². The molecule has 1 aliphatic rings. The fraction of sp³-hybridized carbons (Fsp3) is 0.179. The van der Waals surface area contributed by atoms with Crippen LogP contribution in [0.25, 0.3) is 6.08 Å². The molecular weight excluding hydrogens is 590 g/mol. The highest BCUT2D eigenvalue weighted by Crippen LogP contribution is 2.36. The highest BCUT2D eigenvalue weighted by Gasteiger charge is 2.38. The summed E-state index contributed by atoms with van der Waals surface area (Å²) in [4.78, 5) is 38.7. The summed E-state index contributed by atoms with van der Waals surface area (Å²) in [6.07, 6.45) is 1.34. The van der Waals surface area contributed by atoms with E-state index in [9.17, 15) is 18.8 Å². The number of anilines is 1. The number of amides is 4. The summed E-state index contributed by atoms with van der Waals surface area (Å²) in [6, 6.07) is 13.8. The number of rotatable bonds is 7. The van der Waals surface area contributed by atoms with E-state index in [0.717, 1.165) is 11.6 Å². The normalized spacial score (nSPS) is 14.7. The number of para-hydroxylation sites is 1. The fourth-order valence-corrected chi connectivity index (χ4v) is 4.58. The molecule has 1 aliphatic heterocycles. The van der Waals surface area contributed by atoms with Crippen molar-refractivity contribution in [2.45, 2.75) is 27.4 Å². The van der Waals surface area contributed by atoms with Crippen molar-refractivity contribution in [1.29, 1.82) is 0 Å². The van der Waals surface area contributed by atoms with Crippen LogP contribution in [0, 0.1) is 23.2 Å². The van der Waals surface area contributed by atoms with Crippen molar-refractivity contribution >= 4 is 52.2 Å². The van der Waals surface area contributed by atoms with Gasteiger partial charge in [-0.2, -0.15) is 0 Å². The molecule has 0 bridgehead atoms. The Balaban J connectivity index is 1.66. The second kappa shape index (κ2) is 11.1. The van der Waals surface area contributed by atoms with E-state index >= 15 is 0 Å². The molecule has 0 unspecified atom stereocenters. The van der Waals surface area contributed by atoms with Gasteiger partial charge in [0.1, 0.15) is 18.0 Å². The lowest BCUT2D eigenvalue weighted by molar-refractivity contribution is -0.122. The Bertz CT molecular complexity index is 1440. The Morgan fingerprint density at radius 2 is 1.76 bits per heavy atom. The summed E-state index contributed by atoms with van der Waals surface area (Å²) in [7, 11) is 0. The number of hydrogen-bond acceptors (Lipinski definition) is 5. The minimum atomic E-state index is -1.02. The molecule has 0 saturated carbocycles. The molecule has 4 amide bonds. The number of benzene rings is 3. The van der Waals surface area contributed by atoms with Crippen molar-refractivity contribution in [3.05, 3.63) is 91.8 Å². The van der Waals surface area contributed by atoms with Gasteiger partial charge in [0.25, 0.3) is 11.8 Å². The van der Waals surface area contributed by atoms with Gasteiger partial charge in [-0.25, -0.2) is 14.1 Å². The van der Waals surface area contributed by atoms with Crippen LogP contribution >= 0.6 is 22.6 Å². The summed E-state index contributed by atoms with van der Waals surface area (Å²) in [5.41, 5.74) is 3.29. The van der Waals surface area contributed by atoms with Gasteiger partial charge < -0.3 is 9.47 Å². The van der Waals surface area contributed by atoms with Gasteiger partial charge in [0.15, 0.2) is 11.5 Å². The zero-order chi connectivity index (χ0) is 26.7. The molecule has 1 N–H and O–H groups in total. The van der Waals surface area contributed by atoms with Gasteiger partial charge in [0.05, 0.1) is 15.9 Å². The van der Waals surface area contributed by atoms with E-state index in [0.29, 0.717) is 38.7 Å². The third kappa shape index (κ3) is 5.66. The quantitative estimate of drug-likeness (QED) is 0.210. The molecule has 7 nitrogen and oxygen atoms in total. The average molecular weight is 614 g/mol. The van der Waals surface area contributed by atoms with Crippen molar-refractivity contribution in [3.8, 4) is 11.5 Å². The summed E-state index contributed by atoms with van der Waals surface area (Å²) >= 11 is 2.10. The molecule has 1 fully saturated rings. The number of nitrogens with one attached hydrogen (secondary N) is 1. The lowest BCUT2D eigenvalue weighted by Crippen LogP contribution is -2.54. The standard InChI is InChI=1S/C28H24FIN2O5/c1-4-36-24-14-19(13-22(30)25(24)37-15-18-10-9-16(2)17(3)11-18)12-20-26(33)31-28(35)32(27(20)34)23-8-6-5-7-21(23)29/h5-14H,4,15H2,1-3H3,(H,31,33,35)/b20-12-. The summed E-state index contributed by atoms with van der Waals surface area (Å²) < 4.78 is 26.9. The number of carbonyl (C=O) groups is 3. The van der Waals surface area contributed by atoms with Crippen molar-refractivity contribution in [1.82, 2.24) is 5.32 Å². The van der Waals surface area contributed by atoms with Gasteiger partial charge in [-0.1, -0.05) is 30.3 Å². The third-order valence-electron chi connectivity index (χ3n) is 5.79. The second-order valence-electron chi connectivity index (χ2n) is 8.38. The molecule has 0 aromatic heterocycles. The topological polar surface area (TPSA) is 84.9 Å². The van der Waals surface area contributed by atoms with Gasteiger partial charge in [-0.3, -0.25) is 14.9 Å². The van der Waals surface area contributed by atoms with Crippen LogP contribution in [0.1, 0.15) is 29.2 Å². The number of barbiturate groups is 1. The number of urea groups is 1. The second-order valence-corrected chi connectivity index (χ2v) is 9.54. The number of hydrogen-bond donors (Lipinski definition) is 1.